The van der Waals surface area contributed by atoms with Gasteiger partial charge in [-0.25, -0.2) is 5.01 Å². The summed E-state index contributed by atoms with van der Waals surface area (Å²) in [5, 5.41) is 1.87. The van der Waals surface area contributed by atoms with Crippen LogP contribution in [0.15, 0.2) is 42.5 Å². The molecule has 0 bridgehead atoms. The molecule has 0 heterocycles. The van der Waals surface area contributed by atoms with Crippen molar-refractivity contribution >= 4 is 40.5 Å². The van der Waals surface area contributed by atoms with Gasteiger partial charge in [0.15, 0.2) is 5.11 Å². The van der Waals surface area contributed by atoms with Crippen LogP contribution in [0.1, 0.15) is 15.9 Å². The zero-order chi connectivity index (χ0) is 17.0. The van der Waals surface area contributed by atoms with E-state index in [9.17, 15) is 4.79 Å². The minimum atomic E-state index is -0.300. The number of thiocarbonyl (C=S) groups is 1. The lowest BCUT2D eigenvalue weighted by Gasteiger charge is -2.25. The van der Waals surface area contributed by atoms with Gasteiger partial charge in [0.2, 0.25) is 0 Å². The van der Waals surface area contributed by atoms with E-state index in [1.807, 2.05) is 6.92 Å². The molecule has 0 aliphatic carbocycles. The SMILES string of the molecule is COc1ccc(C(=O)N(NC(N)=S)c2ccc(Cl)cc2C)cc1. The van der Waals surface area contributed by atoms with Crippen LogP contribution >= 0.6 is 23.8 Å². The number of anilines is 1. The van der Waals surface area contributed by atoms with Crippen molar-refractivity contribution in [3.05, 3.63) is 58.6 Å². The van der Waals surface area contributed by atoms with Crippen LogP contribution in [0.5, 0.6) is 5.75 Å². The van der Waals surface area contributed by atoms with Gasteiger partial charge in [0, 0.05) is 10.6 Å². The Morgan fingerprint density at radius 3 is 2.43 bits per heavy atom. The van der Waals surface area contributed by atoms with Gasteiger partial charge in [0.1, 0.15) is 5.75 Å². The molecule has 2 aromatic carbocycles. The first-order valence-corrected chi connectivity index (χ1v) is 7.51. The predicted molar refractivity (Wildman–Crippen MR) is 95.9 cm³/mol. The highest BCUT2D eigenvalue weighted by Gasteiger charge is 2.20. The first-order chi connectivity index (χ1) is 10.9. The summed E-state index contributed by atoms with van der Waals surface area (Å²) in [6.45, 7) is 1.84. The second kappa shape index (κ2) is 7.30. The van der Waals surface area contributed by atoms with E-state index < -0.39 is 0 Å². The number of hydrogen-bond donors (Lipinski definition) is 2. The number of benzene rings is 2. The summed E-state index contributed by atoms with van der Waals surface area (Å²) in [6.07, 6.45) is 0. The Kier molecular flexibility index (Phi) is 5.41. The molecule has 0 aliphatic heterocycles. The van der Waals surface area contributed by atoms with E-state index in [1.54, 1.807) is 49.6 Å². The molecule has 7 heteroatoms. The maximum Gasteiger partial charge on any atom is 0.277 e. The van der Waals surface area contributed by atoms with Crippen molar-refractivity contribution in [3.63, 3.8) is 0 Å². The second-order valence-electron chi connectivity index (χ2n) is 4.78. The quantitative estimate of drug-likeness (QED) is 0.658. The number of nitrogens with zero attached hydrogens (tertiary/aromatic N) is 1. The molecular weight excluding hydrogens is 334 g/mol. The number of halogens is 1. The van der Waals surface area contributed by atoms with Crippen LogP contribution in [0.3, 0.4) is 0 Å². The van der Waals surface area contributed by atoms with Gasteiger partial charge in [-0.2, -0.15) is 0 Å². The first kappa shape index (κ1) is 17.1. The summed E-state index contributed by atoms with van der Waals surface area (Å²) in [6, 6.07) is 11.9. The van der Waals surface area contributed by atoms with Gasteiger partial charge in [-0.3, -0.25) is 10.2 Å². The highest BCUT2D eigenvalue weighted by Crippen LogP contribution is 2.24. The Morgan fingerprint density at radius 2 is 1.91 bits per heavy atom. The van der Waals surface area contributed by atoms with Gasteiger partial charge >= 0.3 is 0 Å². The molecule has 0 saturated carbocycles. The molecule has 2 aromatic rings. The number of ether oxygens (including phenoxy) is 1. The number of rotatable bonds is 3. The summed E-state index contributed by atoms with van der Waals surface area (Å²) in [7, 11) is 1.56. The molecule has 0 aliphatic rings. The number of hydrazine groups is 1. The zero-order valence-corrected chi connectivity index (χ0v) is 14.2. The monoisotopic (exact) mass is 349 g/mol. The summed E-state index contributed by atoms with van der Waals surface area (Å²) >= 11 is 10.8. The molecule has 0 radical (unpaired) electrons. The van der Waals surface area contributed by atoms with E-state index in [-0.39, 0.29) is 11.0 Å². The Bertz CT molecular complexity index is 735. The smallest absolute Gasteiger partial charge is 0.277 e. The van der Waals surface area contributed by atoms with Crippen LogP contribution < -0.4 is 20.9 Å². The number of methoxy groups -OCH3 is 1. The molecule has 2 rings (SSSR count). The Balaban J connectivity index is 2.40. The molecule has 5 nitrogen and oxygen atoms in total. The average Bonchev–Trinajstić information content (AvgIpc) is 2.52. The van der Waals surface area contributed by atoms with E-state index in [2.05, 4.69) is 5.43 Å². The molecular formula is C16H16ClN3O2S. The van der Waals surface area contributed by atoms with Crippen molar-refractivity contribution in [3.8, 4) is 5.75 Å². The highest BCUT2D eigenvalue weighted by molar-refractivity contribution is 7.80. The lowest BCUT2D eigenvalue weighted by molar-refractivity contribution is 0.0980. The van der Waals surface area contributed by atoms with Crippen molar-refractivity contribution in [2.75, 3.05) is 12.1 Å². The Labute approximate surface area is 145 Å². The minimum absolute atomic E-state index is 0.0128. The van der Waals surface area contributed by atoms with E-state index in [0.717, 1.165) is 5.56 Å². The maximum absolute atomic E-state index is 12.8. The summed E-state index contributed by atoms with van der Waals surface area (Å²) < 4.78 is 5.09. The molecule has 3 N–H and O–H groups in total. The first-order valence-electron chi connectivity index (χ1n) is 6.73. The number of aryl methyl sites for hydroxylation is 1. The van der Waals surface area contributed by atoms with Crippen molar-refractivity contribution in [2.45, 2.75) is 6.92 Å². The molecule has 23 heavy (non-hydrogen) atoms. The van der Waals surface area contributed by atoms with Crippen molar-refractivity contribution in [1.82, 2.24) is 5.43 Å². The fraction of sp³-hybridized carbons (Fsp3) is 0.125. The lowest BCUT2D eigenvalue weighted by Crippen LogP contribution is -2.49. The number of nitrogens with one attached hydrogen (secondary N) is 1. The molecule has 0 atom stereocenters. The average molecular weight is 350 g/mol. The third-order valence-corrected chi connectivity index (χ3v) is 3.49. The van der Waals surface area contributed by atoms with Crippen molar-refractivity contribution < 1.29 is 9.53 Å². The zero-order valence-electron chi connectivity index (χ0n) is 12.7. The molecule has 0 aromatic heterocycles. The molecule has 0 fully saturated rings. The normalized spacial score (nSPS) is 10.0. The molecule has 0 saturated heterocycles. The molecule has 0 unspecified atom stereocenters. The number of hydrogen-bond acceptors (Lipinski definition) is 3. The van der Waals surface area contributed by atoms with Crippen LogP contribution in [-0.2, 0) is 0 Å². The van der Waals surface area contributed by atoms with Gasteiger partial charge < -0.3 is 10.5 Å². The number of carbonyl (C=O) groups excluding carboxylic acids is 1. The van der Waals surface area contributed by atoms with Crippen molar-refractivity contribution in [1.29, 1.82) is 0 Å². The predicted octanol–water partition coefficient (Wildman–Crippen LogP) is 3.05. The van der Waals surface area contributed by atoms with Crippen LogP contribution in [-0.4, -0.2) is 18.1 Å². The van der Waals surface area contributed by atoms with Crippen LogP contribution in [0.2, 0.25) is 5.02 Å². The van der Waals surface area contributed by atoms with Gasteiger partial charge in [-0.1, -0.05) is 11.6 Å². The molecule has 120 valence electrons. The van der Waals surface area contributed by atoms with Crippen LogP contribution in [0.4, 0.5) is 5.69 Å². The summed E-state index contributed by atoms with van der Waals surface area (Å²) in [5.74, 6) is 0.365. The van der Waals surface area contributed by atoms with Gasteiger partial charge in [-0.05, 0) is 67.2 Å². The highest BCUT2D eigenvalue weighted by atomic mass is 35.5. The second-order valence-corrected chi connectivity index (χ2v) is 5.65. The maximum atomic E-state index is 12.8. The summed E-state index contributed by atoms with van der Waals surface area (Å²) in [4.78, 5) is 12.8. The number of carbonyl (C=O) groups is 1. The van der Waals surface area contributed by atoms with Gasteiger partial charge in [0.05, 0.1) is 12.8 Å². The molecule has 0 spiro atoms. The van der Waals surface area contributed by atoms with Crippen LogP contribution in [0, 0.1) is 6.92 Å². The fourth-order valence-electron chi connectivity index (χ4n) is 2.06. The third-order valence-electron chi connectivity index (χ3n) is 3.16. The largest absolute Gasteiger partial charge is 0.497 e. The van der Waals surface area contributed by atoms with E-state index in [0.29, 0.717) is 22.0 Å². The van der Waals surface area contributed by atoms with E-state index >= 15 is 0 Å². The van der Waals surface area contributed by atoms with E-state index in [4.69, 9.17) is 34.3 Å². The Hall–Kier alpha value is -2.31. The van der Waals surface area contributed by atoms with Gasteiger partial charge in [-0.15, -0.1) is 0 Å². The molecule has 1 amide bonds. The fourth-order valence-corrected chi connectivity index (χ4v) is 2.38. The van der Waals surface area contributed by atoms with Gasteiger partial charge in [0.25, 0.3) is 5.91 Å². The lowest BCUT2D eigenvalue weighted by atomic mass is 10.1. The standard InChI is InChI=1S/C16H16ClN3O2S/c1-10-9-12(17)5-8-14(10)20(19-16(18)23)15(21)11-3-6-13(22-2)7-4-11/h3-9H,1-2H3,(H3,18,19,23). The third kappa shape index (κ3) is 4.12. The van der Waals surface area contributed by atoms with Crippen LogP contribution in [0.25, 0.3) is 0 Å². The topological polar surface area (TPSA) is 67.6 Å². The number of amides is 1. The van der Waals surface area contributed by atoms with E-state index in [1.165, 1.54) is 5.01 Å². The summed E-state index contributed by atoms with van der Waals surface area (Å²) in [5.41, 5.74) is 10.1. The minimum Gasteiger partial charge on any atom is -0.497 e. The van der Waals surface area contributed by atoms with Crippen molar-refractivity contribution in [2.24, 2.45) is 5.73 Å². The number of nitrogens with two attached hydrogens (primary N) is 1. The Morgan fingerprint density at radius 1 is 1.26 bits per heavy atom.